The van der Waals surface area contributed by atoms with Gasteiger partial charge in [-0.2, -0.15) is 4.37 Å². The largest absolute Gasteiger partial charge is 0.398 e. The highest BCUT2D eigenvalue weighted by Crippen LogP contribution is 2.28. The molecular weight excluding hydrogens is 425 g/mol. The van der Waals surface area contributed by atoms with Crippen molar-refractivity contribution >= 4 is 52.2 Å². The van der Waals surface area contributed by atoms with Gasteiger partial charge in [-0.1, -0.05) is 63.7 Å². The molecule has 28 heavy (non-hydrogen) atoms. The Morgan fingerprint density at radius 3 is 2.79 bits per heavy atom. The van der Waals surface area contributed by atoms with Crippen molar-refractivity contribution in [1.29, 1.82) is 0 Å². The predicted octanol–water partition coefficient (Wildman–Crippen LogP) is 2.39. The third-order valence-corrected chi connectivity index (χ3v) is 5.05. The van der Waals surface area contributed by atoms with Gasteiger partial charge in [-0.25, -0.2) is 0 Å². The van der Waals surface area contributed by atoms with Crippen molar-refractivity contribution in [2.75, 3.05) is 13.7 Å². The maximum atomic E-state index is 12.3. The number of carbonyl (C=O) groups is 1. The second kappa shape index (κ2) is 10.5. The first kappa shape index (κ1) is 21.5. The maximum absolute atomic E-state index is 12.3. The zero-order valence-electron chi connectivity index (χ0n) is 14.6. The Morgan fingerprint density at radius 1 is 1.39 bits per heavy atom. The molecule has 11 heteroatoms. The van der Waals surface area contributed by atoms with Gasteiger partial charge in [0.2, 0.25) is 0 Å². The number of oxime groups is 2. The Morgan fingerprint density at radius 2 is 2.14 bits per heavy atom. The Bertz CT molecular complexity index is 953. The third-order valence-electron chi connectivity index (χ3n) is 3.23. The molecule has 1 heterocycles. The molecule has 3 N–H and O–H groups in total. The minimum Gasteiger partial charge on any atom is -0.398 e. The molecule has 0 unspecified atom stereocenters. The number of nitrogens with zero attached hydrogens (tertiary/aromatic N) is 3. The highest BCUT2D eigenvalue weighted by molar-refractivity contribution is 7.09. The summed E-state index contributed by atoms with van der Waals surface area (Å²) in [6.45, 7) is 0.0609. The van der Waals surface area contributed by atoms with Crippen molar-refractivity contribution in [2.24, 2.45) is 16.0 Å². The first-order chi connectivity index (χ1) is 13.5. The van der Waals surface area contributed by atoms with E-state index in [0.29, 0.717) is 16.0 Å². The van der Waals surface area contributed by atoms with Crippen molar-refractivity contribution < 1.29 is 14.5 Å². The summed E-state index contributed by atoms with van der Waals surface area (Å²) in [5, 5.41) is 10.5. The summed E-state index contributed by atoms with van der Waals surface area (Å²) in [5.74, 6) is 1.87. The van der Waals surface area contributed by atoms with E-state index < -0.39 is 5.91 Å². The Hall–Kier alpha value is -2.80. The molecular formula is C17H15Cl2N5O3S. The van der Waals surface area contributed by atoms with Crippen molar-refractivity contribution in [3.05, 3.63) is 50.4 Å². The van der Waals surface area contributed by atoms with E-state index in [1.165, 1.54) is 7.11 Å². The first-order valence-corrected chi connectivity index (χ1v) is 9.20. The molecule has 0 radical (unpaired) electrons. The first-order valence-electron chi connectivity index (χ1n) is 7.67. The third kappa shape index (κ3) is 5.36. The molecule has 1 aromatic carbocycles. The van der Waals surface area contributed by atoms with Gasteiger partial charge in [0.05, 0.1) is 6.54 Å². The van der Waals surface area contributed by atoms with E-state index in [1.807, 2.05) is 0 Å². The summed E-state index contributed by atoms with van der Waals surface area (Å²) in [5.41, 5.74) is 7.01. The van der Waals surface area contributed by atoms with Crippen LogP contribution < -0.4 is 11.1 Å². The number of carbonyl (C=O) groups excluding carboxylic acids is 1. The molecule has 0 bridgehead atoms. The van der Waals surface area contributed by atoms with Gasteiger partial charge in [-0.3, -0.25) is 4.79 Å². The number of hydrogen-bond acceptors (Lipinski definition) is 7. The number of halogens is 2. The lowest BCUT2D eigenvalue weighted by Crippen LogP contribution is -2.32. The molecule has 0 atom stereocenters. The van der Waals surface area contributed by atoms with Crippen LogP contribution in [0.3, 0.4) is 0 Å². The topological polar surface area (TPSA) is 111 Å². The minimum atomic E-state index is -0.485. The Kier molecular flexibility index (Phi) is 8.07. The molecule has 1 aromatic heterocycles. The summed E-state index contributed by atoms with van der Waals surface area (Å²) in [6, 6.07) is 6.96. The van der Waals surface area contributed by atoms with Gasteiger partial charge in [0.1, 0.15) is 23.6 Å². The summed E-state index contributed by atoms with van der Waals surface area (Å²) in [6.07, 6.45) is 5.17. The lowest BCUT2D eigenvalue weighted by atomic mass is 10.0. The summed E-state index contributed by atoms with van der Waals surface area (Å²) in [7, 11) is 1.34. The van der Waals surface area contributed by atoms with Crippen molar-refractivity contribution in [3.8, 4) is 12.3 Å². The molecule has 2 rings (SSSR count). The molecule has 0 aliphatic heterocycles. The molecule has 8 nitrogen and oxygen atoms in total. The van der Waals surface area contributed by atoms with E-state index in [9.17, 15) is 4.79 Å². The van der Waals surface area contributed by atoms with Crippen LogP contribution in [0.5, 0.6) is 0 Å². The number of hydrogen-bond donors (Lipinski definition) is 2. The average Bonchev–Trinajstić information content (AvgIpc) is 3.03. The number of aromatic nitrogens is 1. The van der Waals surface area contributed by atoms with E-state index >= 15 is 0 Å². The zero-order valence-corrected chi connectivity index (χ0v) is 16.9. The maximum Gasteiger partial charge on any atom is 0.274 e. The van der Waals surface area contributed by atoms with Crippen molar-refractivity contribution in [1.82, 2.24) is 9.69 Å². The van der Waals surface area contributed by atoms with Crippen LogP contribution in [0.1, 0.15) is 16.0 Å². The van der Waals surface area contributed by atoms with Gasteiger partial charge in [0, 0.05) is 11.1 Å². The molecule has 0 saturated carbocycles. The number of terminal acetylenes is 1. The number of rotatable bonds is 8. The fourth-order valence-corrected chi connectivity index (χ4v) is 3.15. The fourth-order valence-electron chi connectivity index (χ4n) is 2.03. The van der Waals surface area contributed by atoms with Crippen LogP contribution in [0.15, 0.2) is 34.6 Å². The SMILES string of the molecule is C#CCNC(=O)/C(=N/OC)c1ccccc1CO/N=C(\N)c1snc(Cl)c1Cl. The molecule has 0 saturated heterocycles. The standard InChI is InChI=1S/C17H15Cl2N5O3S/c1-3-8-21-17(25)13(22-26-2)11-7-5-4-6-10(11)9-27-23-16(20)14-12(18)15(19)24-28-14/h1,4-7H,8-9H2,2H3,(H2,20,23)(H,21,25)/b22-13+. The van der Waals surface area contributed by atoms with Crippen LogP contribution in [0.25, 0.3) is 0 Å². The van der Waals surface area contributed by atoms with Crippen LogP contribution in [0.2, 0.25) is 10.2 Å². The lowest BCUT2D eigenvalue weighted by molar-refractivity contribution is -0.114. The van der Waals surface area contributed by atoms with E-state index in [1.54, 1.807) is 24.3 Å². The summed E-state index contributed by atoms with van der Waals surface area (Å²) < 4.78 is 3.88. The quantitative estimate of drug-likeness (QED) is 0.283. The second-order valence-electron chi connectivity index (χ2n) is 5.03. The van der Waals surface area contributed by atoms with Gasteiger partial charge < -0.3 is 20.7 Å². The fraction of sp³-hybridized carbons (Fsp3) is 0.176. The summed E-state index contributed by atoms with van der Waals surface area (Å²) >= 11 is 12.8. The molecule has 2 aromatic rings. The van der Waals surface area contributed by atoms with Crippen molar-refractivity contribution in [3.63, 3.8) is 0 Å². The number of amides is 1. The van der Waals surface area contributed by atoms with E-state index in [2.05, 4.69) is 25.9 Å². The zero-order chi connectivity index (χ0) is 20.5. The normalized spacial score (nSPS) is 11.6. The summed E-state index contributed by atoms with van der Waals surface area (Å²) in [4.78, 5) is 22.8. The molecule has 0 aliphatic rings. The van der Waals surface area contributed by atoms with E-state index in [4.69, 9.17) is 45.0 Å². The van der Waals surface area contributed by atoms with Gasteiger partial charge in [-0.15, -0.1) is 6.42 Å². The number of benzene rings is 1. The highest BCUT2D eigenvalue weighted by Gasteiger charge is 2.18. The Balaban J connectivity index is 2.20. The lowest BCUT2D eigenvalue weighted by Gasteiger charge is -2.10. The van der Waals surface area contributed by atoms with Crippen molar-refractivity contribution in [2.45, 2.75) is 6.61 Å². The van der Waals surface area contributed by atoms with Gasteiger partial charge >= 0.3 is 0 Å². The molecule has 0 spiro atoms. The second-order valence-corrected chi connectivity index (χ2v) is 6.54. The molecule has 146 valence electrons. The smallest absolute Gasteiger partial charge is 0.274 e. The van der Waals surface area contributed by atoms with Crippen LogP contribution in [0.4, 0.5) is 0 Å². The van der Waals surface area contributed by atoms with Crippen LogP contribution >= 0.6 is 34.7 Å². The van der Waals surface area contributed by atoms with E-state index in [-0.39, 0.29) is 34.9 Å². The van der Waals surface area contributed by atoms with Crippen LogP contribution in [0, 0.1) is 12.3 Å². The Labute approximate surface area is 175 Å². The minimum absolute atomic E-state index is 0.00613. The van der Waals surface area contributed by atoms with Crippen LogP contribution in [-0.4, -0.2) is 35.5 Å². The predicted molar refractivity (Wildman–Crippen MR) is 109 cm³/mol. The number of amidine groups is 1. The highest BCUT2D eigenvalue weighted by atomic mass is 35.5. The number of nitrogens with two attached hydrogens (primary N) is 1. The average molecular weight is 440 g/mol. The van der Waals surface area contributed by atoms with Gasteiger partial charge in [0.15, 0.2) is 16.7 Å². The molecule has 1 amide bonds. The van der Waals surface area contributed by atoms with E-state index in [0.717, 1.165) is 11.5 Å². The molecule has 0 fully saturated rings. The number of nitrogens with one attached hydrogen (secondary N) is 1. The molecule has 0 aliphatic carbocycles. The monoisotopic (exact) mass is 439 g/mol. The van der Waals surface area contributed by atoms with Gasteiger partial charge in [-0.05, 0) is 11.5 Å². The van der Waals surface area contributed by atoms with Crippen LogP contribution in [-0.2, 0) is 21.1 Å². The van der Waals surface area contributed by atoms with Gasteiger partial charge in [0.25, 0.3) is 5.91 Å².